The van der Waals surface area contributed by atoms with Crippen LogP contribution in [0.25, 0.3) is 0 Å². The van der Waals surface area contributed by atoms with Gasteiger partial charge in [0.25, 0.3) is 0 Å². The SMILES string of the molecule is C=CCOC(=O)C(=O)CC(C)C. The molecule has 0 aromatic carbocycles. The van der Waals surface area contributed by atoms with E-state index in [4.69, 9.17) is 0 Å². The van der Waals surface area contributed by atoms with Crippen LogP contribution in [-0.2, 0) is 14.3 Å². The van der Waals surface area contributed by atoms with Gasteiger partial charge in [-0.1, -0.05) is 26.5 Å². The zero-order chi connectivity index (χ0) is 9.56. The molecule has 12 heavy (non-hydrogen) atoms. The number of carbonyl (C=O) groups is 2. The second kappa shape index (κ2) is 5.52. The van der Waals surface area contributed by atoms with Crippen molar-refractivity contribution < 1.29 is 14.3 Å². The smallest absolute Gasteiger partial charge is 0.374 e. The summed E-state index contributed by atoms with van der Waals surface area (Å²) in [4.78, 5) is 21.8. The van der Waals surface area contributed by atoms with Gasteiger partial charge in [0.05, 0.1) is 0 Å². The molecule has 3 nitrogen and oxygen atoms in total. The standard InChI is InChI=1S/C9H14O3/c1-4-5-12-9(11)8(10)6-7(2)3/h4,7H,1,5-6H2,2-3H3. The highest BCUT2D eigenvalue weighted by Crippen LogP contribution is 2.00. The number of hydrogen-bond acceptors (Lipinski definition) is 3. The highest BCUT2D eigenvalue weighted by Gasteiger charge is 2.15. The summed E-state index contributed by atoms with van der Waals surface area (Å²) in [5, 5.41) is 0. The molecule has 0 amide bonds. The van der Waals surface area contributed by atoms with E-state index in [1.54, 1.807) is 0 Å². The maximum Gasteiger partial charge on any atom is 0.374 e. The number of ketones is 1. The van der Waals surface area contributed by atoms with E-state index >= 15 is 0 Å². The van der Waals surface area contributed by atoms with E-state index in [0.29, 0.717) is 0 Å². The number of ether oxygens (including phenoxy) is 1. The Bertz CT molecular complexity index is 182. The molecule has 0 saturated carbocycles. The molecular weight excluding hydrogens is 156 g/mol. The number of esters is 1. The monoisotopic (exact) mass is 170 g/mol. The van der Waals surface area contributed by atoms with E-state index in [2.05, 4.69) is 11.3 Å². The fourth-order valence-electron chi connectivity index (χ4n) is 0.669. The Balaban J connectivity index is 3.77. The van der Waals surface area contributed by atoms with Gasteiger partial charge in [0.15, 0.2) is 0 Å². The van der Waals surface area contributed by atoms with Crippen molar-refractivity contribution in [3.8, 4) is 0 Å². The highest BCUT2D eigenvalue weighted by atomic mass is 16.5. The number of hydrogen-bond donors (Lipinski definition) is 0. The van der Waals surface area contributed by atoms with Crippen molar-refractivity contribution in [2.75, 3.05) is 6.61 Å². The van der Waals surface area contributed by atoms with Crippen molar-refractivity contribution in [1.29, 1.82) is 0 Å². The number of rotatable bonds is 5. The van der Waals surface area contributed by atoms with Crippen LogP contribution in [0.5, 0.6) is 0 Å². The van der Waals surface area contributed by atoms with Crippen LogP contribution in [-0.4, -0.2) is 18.4 Å². The Kier molecular flexibility index (Phi) is 5.00. The summed E-state index contributed by atoms with van der Waals surface area (Å²) in [5.74, 6) is -1.04. The van der Waals surface area contributed by atoms with Crippen LogP contribution in [0.2, 0.25) is 0 Å². The molecule has 0 saturated heterocycles. The predicted octanol–water partition coefficient (Wildman–Crippen LogP) is 1.33. The molecular formula is C9H14O3. The van der Waals surface area contributed by atoms with Crippen molar-refractivity contribution in [2.24, 2.45) is 5.92 Å². The van der Waals surface area contributed by atoms with Crippen LogP contribution >= 0.6 is 0 Å². The molecule has 0 fully saturated rings. The van der Waals surface area contributed by atoms with Crippen LogP contribution in [0.1, 0.15) is 20.3 Å². The van der Waals surface area contributed by atoms with E-state index in [1.165, 1.54) is 6.08 Å². The zero-order valence-corrected chi connectivity index (χ0v) is 7.50. The first kappa shape index (κ1) is 10.9. The van der Waals surface area contributed by atoms with Gasteiger partial charge in [-0.2, -0.15) is 0 Å². The van der Waals surface area contributed by atoms with Crippen molar-refractivity contribution in [3.05, 3.63) is 12.7 Å². The molecule has 68 valence electrons. The fraction of sp³-hybridized carbons (Fsp3) is 0.556. The average molecular weight is 170 g/mol. The zero-order valence-electron chi connectivity index (χ0n) is 7.50. The lowest BCUT2D eigenvalue weighted by atomic mass is 10.1. The first-order chi connectivity index (χ1) is 5.57. The highest BCUT2D eigenvalue weighted by molar-refractivity contribution is 6.33. The van der Waals surface area contributed by atoms with Crippen molar-refractivity contribution in [2.45, 2.75) is 20.3 Å². The Hall–Kier alpha value is -1.12. The van der Waals surface area contributed by atoms with E-state index in [0.717, 1.165) is 0 Å². The van der Waals surface area contributed by atoms with Gasteiger partial charge in [-0.25, -0.2) is 4.79 Å². The fourth-order valence-corrected chi connectivity index (χ4v) is 0.669. The molecule has 0 aliphatic heterocycles. The summed E-state index contributed by atoms with van der Waals surface area (Å²) >= 11 is 0. The first-order valence-electron chi connectivity index (χ1n) is 3.88. The maximum atomic E-state index is 11.0. The normalized spacial score (nSPS) is 9.58. The molecule has 0 heterocycles. The molecule has 0 aliphatic rings. The van der Waals surface area contributed by atoms with Crippen LogP contribution in [0.4, 0.5) is 0 Å². The van der Waals surface area contributed by atoms with Gasteiger partial charge in [0, 0.05) is 6.42 Å². The lowest BCUT2D eigenvalue weighted by Crippen LogP contribution is -2.18. The molecule has 0 atom stereocenters. The van der Waals surface area contributed by atoms with Gasteiger partial charge in [0.1, 0.15) is 6.61 Å². The van der Waals surface area contributed by atoms with Crippen molar-refractivity contribution >= 4 is 11.8 Å². The molecule has 0 radical (unpaired) electrons. The van der Waals surface area contributed by atoms with Gasteiger partial charge < -0.3 is 4.74 Å². The topological polar surface area (TPSA) is 43.4 Å². The van der Waals surface area contributed by atoms with E-state index in [9.17, 15) is 9.59 Å². The average Bonchev–Trinajstić information content (AvgIpc) is 1.98. The van der Waals surface area contributed by atoms with Crippen molar-refractivity contribution in [3.63, 3.8) is 0 Å². The third kappa shape index (κ3) is 4.66. The van der Waals surface area contributed by atoms with Gasteiger partial charge in [-0.3, -0.25) is 4.79 Å². The number of carbonyl (C=O) groups excluding carboxylic acids is 2. The summed E-state index contributed by atoms with van der Waals surface area (Å²) in [6.07, 6.45) is 1.68. The third-order valence-corrected chi connectivity index (χ3v) is 1.15. The van der Waals surface area contributed by atoms with E-state index in [-0.39, 0.29) is 18.9 Å². The predicted molar refractivity (Wildman–Crippen MR) is 45.6 cm³/mol. The Morgan fingerprint density at radius 3 is 2.50 bits per heavy atom. The van der Waals surface area contributed by atoms with Crippen LogP contribution in [0.15, 0.2) is 12.7 Å². The summed E-state index contributed by atoms with van der Waals surface area (Å²) in [7, 11) is 0. The maximum absolute atomic E-state index is 11.0. The van der Waals surface area contributed by atoms with Crippen LogP contribution in [0, 0.1) is 5.92 Å². The lowest BCUT2D eigenvalue weighted by molar-refractivity contribution is -0.153. The van der Waals surface area contributed by atoms with Gasteiger partial charge in [0.2, 0.25) is 5.78 Å². The second-order valence-corrected chi connectivity index (χ2v) is 2.91. The third-order valence-electron chi connectivity index (χ3n) is 1.15. The van der Waals surface area contributed by atoms with Gasteiger partial charge in [-0.15, -0.1) is 0 Å². The minimum Gasteiger partial charge on any atom is -0.456 e. The largest absolute Gasteiger partial charge is 0.456 e. The summed E-state index contributed by atoms with van der Waals surface area (Å²) in [6, 6.07) is 0. The molecule has 0 aromatic rings. The Labute approximate surface area is 72.4 Å². The van der Waals surface area contributed by atoms with Crippen LogP contribution in [0.3, 0.4) is 0 Å². The van der Waals surface area contributed by atoms with Crippen LogP contribution < -0.4 is 0 Å². The molecule has 0 aromatic heterocycles. The quantitative estimate of drug-likeness (QED) is 0.355. The lowest BCUT2D eigenvalue weighted by Gasteiger charge is -2.02. The molecule has 0 bridgehead atoms. The Morgan fingerprint density at radius 2 is 2.08 bits per heavy atom. The Morgan fingerprint density at radius 1 is 1.50 bits per heavy atom. The molecule has 0 spiro atoms. The van der Waals surface area contributed by atoms with Gasteiger partial charge >= 0.3 is 5.97 Å². The number of Topliss-reactive ketones (excluding diaryl/α,β-unsaturated/α-hetero) is 1. The van der Waals surface area contributed by atoms with Gasteiger partial charge in [-0.05, 0) is 5.92 Å². The summed E-state index contributed by atoms with van der Waals surface area (Å²) in [6.45, 7) is 7.21. The molecule has 0 N–H and O–H groups in total. The molecule has 0 rings (SSSR count). The second-order valence-electron chi connectivity index (χ2n) is 2.91. The molecule has 3 heteroatoms. The minimum absolute atomic E-state index is 0.0999. The summed E-state index contributed by atoms with van der Waals surface area (Å²) in [5.41, 5.74) is 0. The molecule has 0 aliphatic carbocycles. The van der Waals surface area contributed by atoms with E-state index in [1.807, 2.05) is 13.8 Å². The molecule has 0 unspecified atom stereocenters. The van der Waals surface area contributed by atoms with Crippen molar-refractivity contribution in [1.82, 2.24) is 0 Å². The summed E-state index contributed by atoms with van der Waals surface area (Å²) < 4.78 is 4.55. The van der Waals surface area contributed by atoms with E-state index < -0.39 is 11.8 Å². The minimum atomic E-state index is -0.761. The first-order valence-corrected chi connectivity index (χ1v) is 3.88.